The zero-order valence-corrected chi connectivity index (χ0v) is 18.6. The fourth-order valence-corrected chi connectivity index (χ4v) is 3.58. The molecule has 168 valence electrons. The third-order valence-corrected chi connectivity index (χ3v) is 5.45. The maximum Gasteiger partial charge on any atom is 0.303 e. The van der Waals surface area contributed by atoms with Gasteiger partial charge in [-0.05, 0) is 61.2 Å². The third kappa shape index (κ3) is 5.63. The molecule has 0 bridgehead atoms. The van der Waals surface area contributed by atoms with Gasteiger partial charge in [-0.25, -0.2) is 15.0 Å². The number of aryl methyl sites for hydroxylation is 3. The number of aromatic nitrogens is 3. The first-order valence-electron chi connectivity index (χ1n) is 10.8. The van der Waals surface area contributed by atoms with E-state index < -0.39 is 5.97 Å². The molecule has 0 unspecified atom stereocenters. The van der Waals surface area contributed by atoms with Crippen LogP contribution in [0.1, 0.15) is 29.0 Å². The number of oxazole rings is 1. The Morgan fingerprint density at radius 3 is 2.39 bits per heavy atom. The smallest absolute Gasteiger partial charge is 0.303 e. The van der Waals surface area contributed by atoms with E-state index in [-0.39, 0.29) is 6.42 Å². The molecule has 2 heterocycles. The molecule has 0 saturated carbocycles. The summed E-state index contributed by atoms with van der Waals surface area (Å²) in [5.41, 5.74) is 5.79. The predicted molar refractivity (Wildman–Crippen MR) is 124 cm³/mol. The maximum atomic E-state index is 10.8. The van der Waals surface area contributed by atoms with Crippen LogP contribution in [0.3, 0.4) is 0 Å². The molecule has 0 amide bonds. The lowest BCUT2D eigenvalue weighted by molar-refractivity contribution is -0.136. The molecule has 0 aliphatic rings. The van der Waals surface area contributed by atoms with Crippen molar-refractivity contribution in [2.45, 2.75) is 33.1 Å². The minimum Gasteiger partial charge on any atom is -0.493 e. The van der Waals surface area contributed by atoms with Crippen LogP contribution in [0.15, 0.2) is 65.6 Å². The second-order valence-corrected chi connectivity index (χ2v) is 7.81. The average Bonchev–Trinajstić information content (AvgIpc) is 3.19. The minimum atomic E-state index is -0.793. The third-order valence-electron chi connectivity index (χ3n) is 5.45. The molecular formula is C26H25N3O4. The lowest BCUT2D eigenvalue weighted by atomic mass is 10.0. The van der Waals surface area contributed by atoms with Crippen LogP contribution in [0.2, 0.25) is 0 Å². The Labute approximate surface area is 192 Å². The maximum absolute atomic E-state index is 10.8. The van der Waals surface area contributed by atoms with Gasteiger partial charge < -0.3 is 14.3 Å². The van der Waals surface area contributed by atoms with E-state index in [0.29, 0.717) is 25.3 Å². The van der Waals surface area contributed by atoms with Gasteiger partial charge in [0.25, 0.3) is 0 Å². The summed E-state index contributed by atoms with van der Waals surface area (Å²) in [4.78, 5) is 23.5. The Kier molecular flexibility index (Phi) is 6.78. The molecule has 2 aromatic carbocycles. The highest BCUT2D eigenvalue weighted by Gasteiger charge is 2.12. The first kappa shape index (κ1) is 22.2. The van der Waals surface area contributed by atoms with Gasteiger partial charge in [-0.3, -0.25) is 4.79 Å². The van der Waals surface area contributed by atoms with E-state index in [1.807, 2.05) is 56.3 Å². The van der Waals surface area contributed by atoms with E-state index in [1.165, 1.54) is 6.33 Å². The van der Waals surface area contributed by atoms with Crippen LogP contribution in [0.4, 0.5) is 0 Å². The molecule has 0 radical (unpaired) electrons. The van der Waals surface area contributed by atoms with Crippen molar-refractivity contribution in [2.24, 2.45) is 0 Å². The highest BCUT2D eigenvalue weighted by molar-refractivity contribution is 5.67. The van der Waals surface area contributed by atoms with Crippen LogP contribution < -0.4 is 4.74 Å². The lowest BCUT2D eigenvalue weighted by Crippen LogP contribution is -2.04. The molecule has 7 nitrogen and oxygen atoms in total. The summed E-state index contributed by atoms with van der Waals surface area (Å²) < 4.78 is 11.8. The van der Waals surface area contributed by atoms with Gasteiger partial charge in [-0.2, -0.15) is 0 Å². The van der Waals surface area contributed by atoms with Crippen molar-refractivity contribution in [2.75, 3.05) is 6.61 Å². The van der Waals surface area contributed by atoms with Crippen LogP contribution in [-0.2, 0) is 17.6 Å². The normalized spacial score (nSPS) is 10.8. The average molecular weight is 444 g/mol. The number of hydrogen-bond acceptors (Lipinski definition) is 6. The van der Waals surface area contributed by atoms with Gasteiger partial charge in [0.1, 0.15) is 17.8 Å². The number of carboxylic acids is 1. The summed E-state index contributed by atoms with van der Waals surface area (Å²) in [6.45, 7) is 4.34. The fraction of sp³-hybridized carbons (Fsp3) is 0.231. The molecule has 0 atom stereocenters. The molecular weight excluding hydrogens is 418 g/mol. The Morgan fingerprint density at radius 1 is 0.970 bits per heavy atom. The summed E-state index contributed by atoms with van der Waals surface area (Å²) in [7, 11) is 0. The Hall–Kier alpha value is -4.00. The summed E-state index contributed by atoms with van der Waals surface area (Å²) in [5.74, 6) is 1.32. The lowest BCUT2D eigenvalue weighted by Gasteiger charge is -2.09. The van der Waals surface area contributed by atoms with Crippen LogP contribution in [-0.4, -0.2) is 32.6 Å². The van der Waals surface area contributed by atoms with E-state index in [2.05, 4.69) is 15.0 Å². The quantitative estimate of drug-likeness (QED) is 0.386. The van der Waals surface area contributed by atoms with Crippen LogP contribution in [0.25, 0.3) is 22.6 Å². The van der Waals surface area contributed by atoms with E-state index in [0.717, 1.165) is 45.0 Å². The van der Waals surface area contributed by atoms with Crippen molar-refractivity contribution < 1.29 is 19.1 Å². The van der Waals surface area contributed by atoms with Gasteiger partial charge in [0.05, 0.1) is 12.3 Å². The van der Waals surface area contributed by atoms with Gasteiger partial charge in [0, 0.05) is 36.4 Å². The summed E-state index contributed by atoms with van der Waals surface area (Å²) >= 11 is 0. The number of benzene rings is 2. The van der Waals surface area contributed by atoms with Crippen molar-refractivity contribution in [3.05, 3.63) is 83.8 Å². The first-order valence-corrected chi connectivity index (χ1v) is 10.8. The highest BCUT2D eigenvalue weighted by atomic mass is 16.5. The number of ether oxygens (including phenoxy) is 1. The van der Waals surface area contributed by atoms with Crippen LogP contribution in [0.5, 0.6) is 5.75 Å². The Bertz CT molecular complexity index is 1230. The summed E-state index contributed by atoms with van der Waals surface area (Å²) in [5, 5.41) is 8.86. The SMILES string of the molecule is Cc1cc(OCCc2nc(-c3ccc(-c4cncnc4)cc3)oc2C)ccc1CCC(=O)O. The molecule has 0 aliphatic heterocycles. The van der Waals surface area contributed by atoms with Crippen molar-refractivity contribution in [1.29, 1.82) is 0 Å². The largest absolute Gasteiger partial charge is 0.493 e. The Balaban J connectivity index is 1.36. The van der Waals surface area contributed by atoms with Crippen molar-refractivity contribution in [1.82, 2.24) is 15.0 Å². The van der Waals surface area contributed by atoms with Gasteiger partial charge in [-0.1, -0.05) is 18.2 Å². The van der Waals surface area contributed by atoms with Gasteiger partial charge in [0.15, 0.2) is 0 Å². The fourth-order valence-electron chi connectivity index (χ4n) is 3.58. The molecule has 2 aromatic heterocycles. The number of carboxylic acid groups (broad SMARTS) is 1. The van der Waals surface area contributed by atoms with E-state index in [9.17, 15) is 4.79 Å². The van der Waals surface area contributed by atoms with E-state index in [1.54, 1.807) is 12.4 Å². The van der Waals surface area contributed by atoms with E-state index in [4.69, 9.17) is 14.3 Å². The minimum absolute atomic E-state index is 0.123. The molecule has 0 saturated heterocycles. The molecule has 4 rings (SSSR count). The topological polar surface area (TPSA) is 98.3 Å². The molecule has 0 fully saturated rings. The van der Waals surface area contributed by atoms with Gasteiger partial charge >= 0.3 is 5.97 Å². The second-order valence-electron chi connectivity index (χ2n) is 7.81. The zero-order chi connectivity index (χ0) is 23.2. The summed E-state index contributed by atoms with van der Waals surface area (Å²) in [6, 6.07) is 13.7. The van der Waals surface area contributed by atoms with Crippen LogP contribution >= 0.6 is 0 Å². The Morgan fingerprint density at radius 2 is 1.70 bits per heavy atom. The molecule has 4 aromatic rings. The molecule has 1 N–H and O–H groups in total. The molecule has 0 spiro atoms. The summed E-state index contributed by atoms with van der Waals surface area (Å²) in [6.07, 6.45) is 6.33. The van der Waals surface area contributed by atoms with Crippen LogP contribution in [0, 0.1) is 13.8 Å². The van der Waals surface area contributed by atoms with E-state index >= 15 is 0 Å². The van der Waals surface area contributed by atoms with Crippen molar-refractivity contribution in [3.8, 4) is 28.3 Å². The highest BCUT2D eigenvalue weighted by Crippen LogP contribution is 2.26. The number of hydrogen-bond donors (Lipinski definition) is 1. The number of carbonyl (C=O) groups is 1. The van der Waals surface area contributed by atoms with Crippen molar-refractivity contribution in [3.63, 3.8) is 0 Å². The monoisotopic (exact) mass is 443 g/mol. The molecule has 7 heteroatoms. The van der Waals surface area contributed by atoms with Gasteiger partial charge in [-0.15, -0.1) is 0 Å². The molecule has 33 heavy (non-hydrogen) atoms. The van der Waals surface area contributed by atoms with Gasteiger partial charge in [0.2, 0.25) is 5.89 Å². The zero-order valence-electron chi connectivity index (χ0n) is 18.6. The number of rotatable bonds is 9. The predicted octanol–water partition coefficient (Wildman–Crippen LogP) is 5.05. The van der Waals surface area contributed by atoms with Crippen molar-refractivity contribution >= 4 is 5.97 Å². The number of aliphatic carboxylic acids is 1. The second kappa shape index (κ2) is 10.1. The standard InChI is InChI=1S/C26H25N3O4/c1-17-13-23(9-7-19(17)8-10-25(30)31)32-12-11-24-18(2)33-26(29-24)21-5-3-20(4-6-21)22-14-27-16-28-15-22/h3-7,9,13-16H,8,10-12H2,1-2H3,(H,30,31). The molecule has 0 aliphatic carbocycles. The number of nitrogens with zero attached hydrogens (tertiary/aromatic N) is 3. The first-order chi connectivity index (χ1) is 16.0.